The van der Waals surface area contributed by atoms with Gasteiger partial charge in [-0.25, -0.2) is 13.8 Å². The molecule has 1 aliphatic carbocycles. The molecule has 29 heavy (non-hydrogen) atoms. The van der Waals surface area contributed by atoms with Crippen molar-refractivity contribution in [2.45, 2.75) is 75.7 Å². The summed E-state index contributed by atoms with van der Waals surface area (Å²) in [7, 11) is 2.06. The number of rotatable bonds is 2. The number of piperidine rings is 1. The fraction of sp³-hybridized carbons (Fsp3) is 0.857. The van der Waals surface area contributed by atoms with Gasteiger partial charge in [0.15, 0.2) is 0 Å². The van der Waals surface area contributed by atoms with Gasteiger partial charge in [-0.1, -0.05) is 5.92 Å². The highest BCUT2D eigenvalue weighted by Crippen LogP contribution is 2.39. The molecule has 0 aromatic carbocycles. The van der Waals surface area contributed by atoms with Crippen molar-refractivity contribution in [2.24, 2.45) is 11.8 Å². The minimum absolute atomic E-state index is 0.0115. The Hall–Kier alpha value is -1.27. The number of carbonyl (C=O) groups is 1. The zero-order chi connectivity index (χ0) is 20.6. The summed E-state index contributed by atoms with van der Waals surface area (Å²) in [5.74, 6) is 3.32. The van der Waals surface area contributed by atoms with Crippen molar-refractivity contribution >= 4 is 5.91 Å². The van der Waals surface area contributed by atoms with E-state index in [-0.39, 0.29) is 42.9 Å². The molecule has 1 saturated carbocycles. The van der Waals surface area contributed by atoms with Gasteiger partial charge in [-0.15, -0.1) is 0 Å². The SMILES string of the molecule is CC#CC(=O)N1CCC2C(C1)NC(C1CCC(F)(F)CC1)NC2C1CCN(C)N1. The van der Waals surface area contributed by atoms with Crippen LogP contribution in [-0.4, -0.2) is 72.7 Å². The van der Waals surface area contributed by atoms with Crippen molar-refractivity contribution in [3.63, 3.8) is 0 Å². The molecule has 0 radical (unpaired) electrons. The highest BCUT2D eigenvalue weighted by molar-refractivity contribution is 5.93. The highest BCUT2D eigenvalue weighted by Gasteiger charge is 2.48. The second kappa shape index (κ2) is 8.46. The quantitative estimate of drug-likeness (QED) is 0.598. The van der Waals surface area contributed by atoms with E-state index in [9.17, 15) is 13.6 Å². The molecule has 3 aliphatic heterocycles. The third kappa shape index (κ3) is 4.58. The van der Waals surface area contributed by atoms with E-state index in [0.29, 0.717) is 31.3 Å². The van der Waals surface area contributed by atoms with Crippen LogP contribution in [0.4, 0.5) is 8.78 Å². The largest absolute Gasteiger partial charge is 0.330 e. The number of amides is 1. The summed E-state index contributed by atoms with van der Waals surface area (Å²) < 4.78 is 27.4. The first-order chi connectivity index (χ1) is 13.9. The zero-order valence-electron chi connectivity index (χ0n) is 17.4. The number of likely N-dealkylation sites (tertiary alicyclic amines) is 1. The molecule has 4 fully saturated rings. The second-order valence-electron chi connectivity index (χ2n) is 9.16. The van der Waals surface area contributed by atoms with Gasteiger partial charge < -0.3 is 4.90 Å². The lowest BCUT2D eigenvalue weighted by Gasteiger charge is -2.52. The molecule has 6 nitrogen and oxygen atoms in total. The third-order valence-corrected chi connectivity index (χ3v) is 7.24. The summed E-state index contributed by atoms with van der Waals surface area (Å²) >= 11 is 0. The van der Waals surface area contributed by atoms with Crippen molar-refractivity contribution in [3.05, 3.63) is 0 Å². The van der Waals surface area contributed by atoms with Crippen molar-refractivity contribution < 1.29 is 13.6 Å². The first kappa shape index (κ1) is 21.0. The summed E-state index contributed by atoms with van der Waals surface area (Å²) in [6, 6.07) is 0.769. The second-order valence-corrected chi connectivity index (χ2v) is 9.16. The number of alkyl halides is 2. The normalized spacial score (nSPS) is 38.2. The summed E-state index contributed by atoms with van der Waals surface area (Å²) in [6.07, 6.45) is 3.00. The van der Waals surface area contributed by atoms with E-state index in [4.69, 9.17) is 0 Å². The summed E-state index contributed by atoms with van der Waals surface area (Å²) in [5, 5.41) is 9.64. The molecule has 0 spiro atoms. The van der Waals surface area contributed by atoms with Crippen LogP contribution in [0.25, 0.3) is 0 Å². The van der Waals surface area contributed by atoms with E-state index < -0.39 is 5.92 Å². The molecular formula is C21H33F2N5O. The molecule has 4 aliphatic rings. The maximum absolute atomic E-state index is 13.7. The average Bonchev–Trinajstić information content (AvgIpc) is 3.13. The van der Waals surface area contributed by atoms with Gasteiger partial charge in [0, 0.05) is 57.6 Å². The van der Waals surface area contributed by atoms with Crippen LogP contribution in [0, 0.1) is 23.7 Å². The van der Waals surface area contributed by atoms with Crippen molar-refractivity contribution in [1.29, 1.82) is 0 Å². The molecule has 0 bridgehead atoms. The Morgan fingerprint density at radius 2 is 1.83 bits per heavy atom. The van der Waals surface area contributed by atoms with Crippen LogP contribution >= 0.6 is 0 Å². The Bertz CT molecular complexity index is 668. The number of hydrogen-bond acceptors (Lipinski definition) is 5. The fourth-order valence-electron chi connectivity index (χ4n) is 5.64. The Morgan fingerprint density at radius 3 is 2.48 bits per heavy atom. The standard InChI is InChI=1S/C21H33F2N5O/c1-3-4-18(29)28-12-7-15-17(13-28)24-20(14-5-9-21(22,23)10-6-14)25-19(15)16-8-11-27(2)26-16/h14-17,19-20,24-26H,5-13H2,1-2H3. The lowest BCUT2D eigenvalue weighted by Crippen LogP contribution is -2.73. The van der Waals surface area contributed by atoms with E-state index in [1.54, 1.807) is 6.92 Å². The first-order valence-electron chi connectivity index (χ1n) is 11.0. The van der Waals surface area contributed by atoms with E-state index >= 15 is 0 Å². The third-order valence-electron chi connectivity index (χ3n) is 7.24. The minimum Gasteiger partial charge on any atom is -0.330 e. The molecule has 5 unspecified atom stereocenters. The maximum atomic E-state index is 13.7. The maximum Gasteiger partial charge on any atom is 0.298 e. The molecule has 0 aromatic rings. The number of hydrogen-bond donors (Lipinski definition) is 3. The number of nitrogens with one attached hydrogen (secondary N) is 3. The van der Waals surface area contributed by atoms with Gasteiger partial charge in [-0.3, -0.25) is 20.9 Å². The van der Waals surface area contributed by atoms with Crippen molar-refractivity contribution in [2.75, 3.05) is 26.7 Å². The van der Waals surface area contributed by atoms with Crippen LogP contribution in [0.3, 0.4) is 0 Å². The number of fused-ring (bicyclic) bond motifs is 1. The lowest BCUT2D eigenvalue weighted by atomic mass is 9.76. The van der Waals surface area contributed by atoms with Crippen LogP contribution in [-0.2, 0) is 4.79 Å². The molecule has 162 valence electrons. The number of hydrazine groups is 1. The van der Waals surface area contributed by atoms with Gasteiger partial charge in [-0.05, 0) is 50.4 Å². The highest BCUT2D eigenvalue weighted by atomic mass is 19.3. The predicted molar refractivity (Wildman–Crippen MR) is 107 cm³/mol. The van der Waals surface area contributed by atoms with E-state index in [0.717, 1.165) is 25.9 Å². The van der Waals surface area contributed by atoms with Gasteiger partial charge in [0.25, 0.3) is 5.91 Å². The van der Waals surface area contributed by atoms with Crippen LogP contribution in [0.5, 0.6) is 0 Å². The summed E-state index contributed by atoms with van der Waals surface area (Å²) in [6.45, 7) is 4.04. The Labute approximate surface area is 172 Å². The number of halogens is 2. The van der Waals surface area contributed by atoms with Crippen molar-refractivity contribution in [3.8, 4) is 11.8 Å². The minimum atomic E-state index is -2.52. The molecule has 3 saturated heterocycles. The fourth-order valence-corrected chi connectivity index (χ4v) is 5.64. The van der Waals surface area contributed by atoms with E-state index in [1.807, 2.05) is 4.90 Å². The van der Waals surface area contributed by atoms with Gasteiger partial charge in [0.2, 0.25) is 5.92 Å². The molecule has 3 heterocycles. The molecule has 8 heteroatoms. The van der Waals surface area contributed by atoms with E-state index in [2.05, 4.69) is 40.0 Å². The molecular weight excluding hydrogens is 376 g/mol. The van der Waals surface area contributed by atoms with Crippen LogP contribution in [0.1, 0.15) is 45.4 Å². The predicted octanol–water partition coefficient (Wildman–Crippen LogP) is 1.15. The average molecular weight is 410 g/mol. The van der Waals surface area contributed by atoms with Gasteiger partial charge in [-0.2, -0.15) is 0 Å². The van der Waals surface area contributed by atoms with E-state index in [1.165, 1.54) is 0 Å². The molecule has 5 atom stereocenters. The Morgan fingerprint density at radius 1 is 1.07 bits per heavy atom. The molecule has 3 N–H and O–H groups in total. The van der Waals surface area contributed by atoms with Crippen LogP contribution < -0.4 is 16.1 Å². The van der Waals surface area contributed by atoms with Crippen LogP contribution in [0.2, 0.25) is 0 Å². The Balaban J connectivity index is 1.49. The monoisotopic (exact) mass is 409 g/mol. The lowest BCUT2D eigenvalue weighted by molar-refractivity contribution is -0.128. The Kier molecular flexibility index (Phi) is 6.12. The first-order valence-corrected chi connectivity index (χ1v) is 11.0. The summed E-state index contributed by atoms with van der Waals surface area (Å²) in [5.41, 5.74) is 3.57. The van der Waals surface area contributed by atoms with Crippen molar-refractivity contribution in [1.82, 2.24) is 26.0 Å². The molecule has 1 amide bonds. The smallest absolute Gasteiger partial charge is 0.298 e. The molecule has 4 rings (SSSR count). The number of nitrogens with zero attached hydrogens (tertiary/aromatic N) is 2. The van der Waals surface area contributed by atoms with Gasteiger partial charge in [0.05, 0.1) is 6.17 Å². The number of carbonyl (C=O) groups excluding carboxylic acids is 1. The topological polar surface area (TPSA) is 59.6 Å². The van der Waals surface area contributed by atoms with Gasteiger partial charge >= 0.3 is 0 Å². The summed E-state index contributed by atoms with van der Waals surface area (Å²) in [4.78, 5) is 14.2. The molecule has 0 aromatic heterocycles. The zero-order valence-corrected chi connectivity index (χ0v) is 17.4. The van der Waals surface area contributed by atoms with Crippen LogP contribution in [0.15, 0.2) is 0 Å². The van der Waals surface area contributed by atoms with Gasteiger partial charge in [0.1, 0.15) is 0 Å².